The maximum absolute atomic E-state index is 12.4. The molecule has 0 saturated carbocycles. The molecule has 0 bridgehead atoms. The lowest BCUT2D eigenvalue weighted by atomic mass is 9.79. The van der Waals surface area contributed by atoms with Crippen LogP contribution in [0.15, 0.2) is 10.9 Å². The second kappa shape index (κ2) is 5.31. The molecule has 2 aliphatic rings. The van der Waals surface area contributed by atoms with E-state index in [1.807, 2.05) is 17.1 Å². The van der Waals surface area contributed by atoms with E-state index >= 15 is 0 Å². The SMILES string of the molecule is O=C(c1cscn1)C1CCOC2(CCSCC2)C1. The van der Waals surface area contributed by atoms with E-state index in [1.165, 1.54) is 11.3 Å². The third kappa shape index (κ3) is 2.49. The highest BCUT2D eigenvalue weighted by molar-refractivity contribution is 7.99. The number of carbonyl (C=O) groups is 1. The molecule has 3 nitrogen and oxygen atoms in total. The normalized spacial score (nSPS) is 27.2. The molecule has 5 heteroatoms. The molecular weight excluding hydrogens is 266 g/mol. The Hall–Kier alpha value is -0.390. The van der Waals surface area contributed by atoms with Crippen LogP contribution < -0.4 is 0 Å². The predicted molar refractivity (Wildman–Crippen MR) is 74.4 cm³/mol. The van der Waals surface area contributed by atoms with E-state index < -0.39 is 0 Å². The molecule has 3 heterocycles. The lowest BCUT2D eigenvalue weighted by molar-refractivity contribution is -0.0960. The molecule has 2 fully saturated rings. The summed E-state index contributed by atoms with van der Waals surface area (Å²) in [7, 11) is 0. The number of hydrogen-bond acceptors (Lipinski definition) is 5. The van der Waals surface area contributed by atoms with Crippen molar-refractivity contribution >= 4 is 28.9 Å². The van der Waals surface area contributed by atoms with Crippen LogP contribution in [-0.2, 0) is 4.74 Å². The Labute approximate surface area is 115 Å². The van der Waals surface area contributed by atoms with E-state index in [4.69, 9.17) is 4.74 Å². The Morgan fingerprint density at radius 3 is 3.00 bits per heavy atom. The van der Waals surface area contributed by atoms with Crippen molar-refractivity contribution in [2.24, 2.45) is 5.92 Å². The summed E-state index contributed by atoms with van der Waals surface area (Å²) in [6, 6.07) is 0. The zero-order valence-electron chi connectivity index (χ0n) is 10.3. The summed E-state index contributed by atoms with van der Waals surface area (Å²) in [5.74, 6) is 2.66. The van der Waals surface area contributed by atoms with Crippen molar-refractivity contribution in [1.29, 1.82) is 0 Å². The number of ether oxygens (including phenoxy) is 1. The summed E-state index contributed by atoms with van der Waals surface area (Å²) in [4.78, 5) is 16.5. The van der Waals surface area contributed by atoms with Gasteiger partial charge < -0.3 is 4.74 Å². The Kier molecular flexibility index (Phi) is 3.73. The first-order chi connectivity index (χ1) is 8.79. The Morgan fingerprint density at radius 1 is 1.44 bits per heavy atom. The summed E-state index contributed by atoms with van der Waals surface area (Å²) in [5.41, 5.74) is 2.37. The van der Waals surface area contributed by atoms with E-state index in [9.17, 15) is 4.79 Å². The van der Waals surface area contributed by atoms with Crippen LogP contribution in [0.3, 0.4) is 0 Å². The monoisotopic (exact) mass is 283 g/mol. The fourth-order valence-corrected chi connectivity index (χ4v) is 4.66. The molecule has 0 aliphatic carbocycles. The lowest BCUT2D eigenvalue weighted by Gasteiger charge is -2.42. The molecule has 1 aromatic rings. The molecule has 0 radical (unpaired) electrons. The van der Waals surface area contributed by atoms with Crippen molar-refractivity contribution in [2.45, 2.75) is 31.3 Å². The standard InChI is InChI=1S/C13H17NO2S2/c15-12(11-8-18-9-14-11)10-1-4-16-13(7-10)2-5-17-6-3-13/h8-10H,1-7H2. The van der Waals surface area contributed by atoms with Gasteiger partial charge in [0.1, 0.15) is 5.69 Å². The van der Waals surface area contributed by atoms with Crippen LogP contribution in [0.25, 0.3) is 0 Å². The highest BCUT2D eigenvalue weighted by Crippen LogP contribution is 2.40. The number of thioether (sulfide) groups is 1. The molecule has 3 rings (SSSR count). The molecule has 0 amide bonds. The Balaban J connectivity index is 1.72. The fourth-order valence-electron chi connectivity index (χ4n) is 2.89. The topological polar surface area (TPSA) is 39.2 Å². The number of thiazole rings is 1. The van der Waals surface area contributed by atoms with Crippen molar-refractivity contribution in [3.63, 3.8) is 0 Å². The molecule has 0 N–H and O–H groups in total. The third-order valence-corrected chi connectivity index (χ3v) is 5.52. The van der Waals surface area contributed by atoms with Gasteiger partial charge in [0.15, 0.2) is 5.78 Å². The number of rotatable bonds is 2. The van der Waals surface area contributed by atoms with Gasteiger partial charge >= 0.3 is 0 Å². The van der Waals surface area contributed by atoms with Crippen molar-refractivity contribution in [3.05, 3.63) is 16.6 Å². The number of carbonyl (C=O) groups excluding carboxylic acids is 1. The fraction of sp³-hybridized carbons (Fsp3) is 0.692. The first kappa shape index (κ1) is 12.6. The van der Waals surface area contributed by atoms with Crippen LogP contribution in [-0.4, -0.2) is 34.5 Å². The summed E-state index contributed by atoms with van der Waals surface area (Å²) in [6.45, 7) is 0.727. The minimum atomic E-state index is -0.0140. The van der Waals surface area contributed by atoms with Gasteiger partial charge in [0.25, 0.3) is 0 Å². The molecule has 1 unspecified atom stereocenters. The number of ketones is 1. The van der Waals surface area contributed by atoms with Crippen molar-refractivity contribution < 1.29 is 9.53 Å². The van der Waals surface area contributed by atoms with Crippen LogP contribution in [0.4, 0.5) is 0 Å². The second-order valence-corrected chi connectivity index (χ2v) is 7.01. The maximum atomic E-state index is 12.4. The smallest absolute Gasteiger partial charge is 0.185 e. The van der Waals surface area contributed by atoms with Gasteiger partial charge in [-0.3, -0.25) is 4.79 Å². The minimum absolute atomic E-state index is 0.0140. The highest BCUT2D eigenvalue weighted by Gasteiger charge is 2.41. The van der Waals surface area contributed by atoms with Crippen LogP contribution in [0.5, 0.6) is 0 Å². The van der Waals surface area contributed by atoms with Gasteiger partial charge in [0.05, 0.1) is 11.1 Å². The number of Topliss-reactive ketones (excluding diaryl/α,β-unsaturated/α-hetero) is 1. The minimum Gasteiger partial charge on any atom is -0.375 e. The van der Waals surface area contributed by atoms with E-state index in [0.29, 0.717) is 5.69 Å². The van der Waals surface area contributed by atoms with Crippen molar-refractivity contribution in [1.82, 2.24) is 4.98 Å². The molecular formula is C13H17NO2S2. The first-order valence-electron chi connectivity index (χ1n) is 6.43. The van der Waals surface area contributed by atoms with Gasteiger partial charge in [0, 0.05) is 17.9 Å². The van der Waals surface area contributed by atoms with Gasteiger partial charge in [-0.05, 0) is 37.2 Å². The summed E-state index contributed by atoms with van der Waals surface area (Å²) >= 11 is 3.49. The Bertz CT molecular complexity index is 407. The molecule has 2 aliphatic heterocycles. The Morgan fingerprint density at radius 2 is 2.28 bits per heavy atom. The van der Waals surface area contributed by atoms with Crippen molar-refractivity contribution in [3.8, 4) is 0 Å². The molecule has 18 heavy (non-hydrogen) atoms. The molecule has 2 saturated heterocycles. The number of nitrogens with zero attached hydrogens (tertiary/aromatic N) is 1. The molecule has 1 spiro atoms. The lowest BCUT2D eigenvalue weighted by Crippen LogP contribution is -2.44. The largest absolute Gasteiger partial charge is 0.375 e. The van der Waals surface area contributed by atoms with Gasteiger partial charge in [-0.15, -0.1) is 11.3 Å². The summed E-state index contributed by atoms with van der Waals surface area (Å²) < 4.78 is 6.02. The van der Waals surface area contributed by atoms with E-state index in [1.54, 1.807) is 5.51 Å². The zero-order chi connectivity index (χ0) is 12.4. The molecule has 1 aromatic heterocycles. The van der Waals surface area contributed by atoms with Gasteiger partial charge in [0.2, 0.25) is 0 Å². The third-order valence-electron chi connectivity index (χ3n) is 3.95. The van der Waals surface area contributed by atoms with Crippen LogP contribution in [0.2, 0.25) is 0 Å². The van der Waals surface area contributed by atoms with Crippen LogP contribution in [0, 0.1) is 5.92 Å². The highest BCUT2D eigenvalue weighted by atomic mass is 32.2. The first-order valence-corrected chi connectivity index (χ1v) is 8.53. The summed E-state index contributed by atoms with van der Waals surface area (Å²) in [5, 5.41) is 1.86. The van der Waals surface area contributed by atoms with Gasteiger partial charge in [-0.1, -0.05) is 0 Å². The zero-order valence-corrected chi connectivity index (χ0v) is 11.9. The van der Waals surface area contributed by atoms with Crippen molar-refractivity contribution in [2.75, 3.05) is 18.1 Å². The quantitative estimate of drug-likeness (QED) is 0.782. The molecule has 1 atom stereocenters. The maximum Gasteiger partial charge on any atom is 0.185 e. The second-order valence-electron chi connectivity index (χ2n) is 5.07. The van der Waals surface area contributed by atoms with E-state index in [0.717, 1.165) is 43.8 Å². The van der Waals surface area contributed by atoms with E-state index in [2.05, 4.69) is 4.98 Å². The number of hydrogen-bond donors (Lipinski definition) is 0. The summed E-state index contributed by atoms with van der Waals surface area (Å²) in [6.07, 6.45) is 3.94. The predicted octanol–water partition coefficient (Wildman–Crippen LogP) is 3.02. The molecule has 98 valence electrons. The average Bonchev–Trinajstić information content (AvgIpc) is 2.93. The van der Waals surface area contributed by atoms with Crippen LogP contribution >= 0.6 is 23.1 Å². The average molecular weight is 283 g/mol. The van der Waals surface area contributed by atoms with Gasteiger partial charge in [-0.25, -0.2) is 4.98 Å². The van der Waals surface area contributed by atoms with Crippen LogP contribution in [0.1, 0.15) is 36.2 Å². The van der Waals surface area contributed by atoms with E-state index in [-0.39, 0.29) is 17.3 Å². The number of aromatic nitrogens is 1. The van der Waals surface area contributed by atoms with Gasteiger partial charge in [-0.2, -0.15) is 11.8 Å². The molecule has 0 aromatic carbocycles.